The molecule has 0 aliphatic heterocycles. The van der Waals surface area contributed by atoms with Crippen LogP contribution in [0.3, 0.4) is 0 Å². The summed E-state index contributed by atoms with van der Waals surface area (Å²) in [7, 11) is 1.81. The molecule has 0 aliphatic rings. The first-order valence-corrected chi connectivity index (χ1v) is 8.83. The molecule has 0 aromatic heterocycles. The van der Waals surface area contributed by atoms with E-state index >= 15 is 0 Å². The molecular formula is C20H24ClN3O2. The molecule has 0 heterocycles. The second-order valence-corrected chi connectivity index (χ2v) is 6.78. The molecule has 0 atom stereocenters. The first-order chi connectivity index (χ1) is 12.3. The van der Waals surface area contributed by atoms with E-state index in [1.165, 1.54) is 0 Å². The summed E-state index contributed by atoms with van der Waals surface area (Å²) in [4.78, 5) is 26.0. The van der Waals surface area contributed by atoms with E-state index in [4.69, 9.17) is 11.6 Å². The van der Waals surface area contributed by atoms with Crippen LogP contribution in [0.5, 0.6) is 0 Å². The molecule has 0 saturated carbocycles. The van der Waals surface area contributed by atoms with Crippen molar-refractivity contribution in [1.29, 1.82) is 0 Å². The predicted octanol–water partition coefficient (Wildman–Crippen LogP) is 3.86. The van der Waals surface area contributed by atoms with Crippen molar-refractivity contribution in [2.24, 2.45) is 0 Å². The molecule has 0 saturated heterocycles. The Hall–Kier alpha value is -2.37. The van der Waals surface area contributed by atoms with Gasteiger partial charge in [0.05, 0.1) is 6.54 Å². The highest BCUT2D eigenvalue weighted by Gasteiger charge is 2.11. The van der Waals surface area contributed by atoms with Crippen LogP contribution in [0.4, 0.5) is 11.4 Å². The minimum absolute atomic E-state index is 0.101. The maximum absolute atomic E-state index is 12.2. The molecule has 6 heteroatoms. The summed E-state index contributed by atoms with van der Waals surface area (Å²) in [6.45, 7) is 4.69. The van der Waals surface area contributed by atoms with Crippen molar-refractivity contribution in [3.05, 3.63) is 58.6 Å². The summed E-state index contributed by atoms with van der Waals surface area (Å²) < 4.78 is 0. The Morgan fingerprint density at radius 2 is 1.77 bits per heavy atom. The fourth-order valence-electron chi connectivity index (χ4n) is 2.48. The van der Waals surface area contributed by atoms with Crippen LogP contribution in [0.25, 0.3) is 0 Å². The number of aryl methyl sites for hydroxylation is 1. The van der Waals surface area contributed by atoms with E-state index in [0.717, 1.165) is 16.8 Å². The van der Waals surface area contributed by atoms with Crippen molar-refractivity contribution < 1.29 is 9.59 Å². The smallest absolute Gasteiger partial charge is 0.238 e. The number of likely N-dealkylation sites (N-methyl/N-ethyl adjacent to an activating group) is 1. The van der Waals surface area contributed by atoms with Crippen molar-refractivity contribution >= 4 is 34.8 Å². The van der Waals surface area contributed by atoms with E-state index in [1.54, 1.807) is 24.3 Å². The third-order valence-corrected chi connectivity index (χ3v) is 4.36. The highest BCUT2D eigenvalue weighted by molar-refractivity contribution is 6.30. The van der Waals surface area contributed by atoms with Gasteiger partial charge in [0.2, 0.25) is 11.8 Å². The second-order valence-electron chi connectivity index (χ2n) is 6.34. The van der Waals surface area contributed by atoms with Gasteiger partial charge >= 0.3 is 0 Å². The predicted molar refractivity (Wildman–Crippen MR) is 107 cm³/mol. The molecule has 138 valence electrons. The Morgan fingerprint density at radius 3 is 2.50 bits per heavy atom. The van der Waals surface area contributed by atoms with Gasteiger partial charge in [-0.1, -0.05) is 29.8 Å². The topological polar surface area (TPSA) is 61.4 Å². The van der Waals surface area contributed by atoms with Crippen LogP contribution in [0.2, 0.25) is 5.02 Å². The number of benzene rings is 2. The van der Waals surface area contributed by atoms with Crippen molar-refractivity contribution in [3.63, 3.8) is 0 Å². The Kier molecular flexibility index (Phi) is 7.18. The fraction of sp³-hybridized carbons (Fsp3) is 0.300. The molecule has 0 bridgehead atoms. The molecule has 0 unspecified atom stereocenters. The third kappa shape index (κ3) is 6.17. The first-order valence-electron chi connectivity index (χ1n) is 8.45. The van der Waals surface area contributed by atoms with Gasteiger partial charge in [-0.2, -0.15) is 0 Å². The van der Waals surface area contributed by atoms with E-state index in [1.807, 2.05) is 44.0 Å². The zero-order chi connectivity index (χ0) is 19.1. The molecular weight excluding hydrogens is 350 g/mol. The lowest BCUT2D eigenvalue weighted by molar-refractivity contribution is -0.119. The molecule has 0 radical (unpaired) electrons. The van der Waals surface area contributed by atoms with Gasteiger partial charge < -0.3 is 10.6 Å². The Labute approximate surface area is 159 Å². The Balaban J connectivity index is 1.77. The summed E-state index contributed by atoms with van der Waals surface area (Å²) in [5, 5.41) is 6.29. The largest absolute Gasteiger partial charge is 0.326 e. The summed E-state index contributed by atoms with van der Waals surface area (Å²) in [5.74, 6) is -0.217. The van der Waals surface area contributed by atoms with Crippen LogP contribution < -0.4 is 10.6 Å². The van der Waals surface area contributed by atoms with Crippen molar-refractivity contribution in [3.8, 4) is 0 Å². The van der Waals surface area contributed by atoms with Crippen LogP contribution in [-0.2, 0) is 9.59 Å². The zero-order valence-corrected chi connectivity index (χ0v) is 16.1. The third-order valence-electron chi connectivity index (χ3n) is 4.12. The second kappa shape index (κ2) is 9.36. The molecule has 26 heavy (non-hydrogen) atoms. The van der Waals surface area contributed by atoms with Gasteiger partial charge in [0.15, 0.2) is 0 Å². The number of hydrogen-bond donors (Lipinski definition) is 2. The van der Waals surface area contributed by atoms with Crippen molar-refractivity contribution in [2.75, 3.05) is 30.8 Å². The summed E-state index contributed by atoms with van der Waals surface area (Å²) in [6.07, 6.45) is 0.291. The molecule has 2 aromatic carbocycles. The summed E-state index contributed by atoms with van der Waals surface area (Å²) in [6, 6.07) is 12.8. The molecule has 0 aliphatic carbocycles. The zero-order valence-electron chi connectivity index (χ0n) is 15.3. The maximum atomic E-state index is 12.2. The minimum Gasteiger partial charge on any atom is -0.326 e. The van der Waals surface area contributed by atoms with Gasteiger partial charge in [-0.15, -0.1) is 0 Å². The van der Waals surface area contributed by atoms with Gasteiger partial charge in [-0.3, -0.25) is 14.5 Å². The number of carbonyl (C=O) groups is 2. The number of amides is 2. The minimum atomic E-state index is -0.117. The number of nitrogens with one attached hydrogen (secondary N) is 2. The average Bonchev–Trinajstić information content (AvgIpc) is 2.57. The van der Waals surface area contributed by atoms with Crippen LogP contribution >= 0.6 is 11.6 Å². The van der Waals surface area contributed by atoms with Gasteiger partial charge in [0, 0.05) is 29.4 Å². The summed E-state index contributed by atoms with van der Waals surface area (Å²) in [5.41, 5.74) is 3.68. The van der Waals surface area contributed by atoms with Gasteiger partial charge in [0.25, 0.3) is 0 Å². The molecule has 2 aromatic rings. The summed E-state index contributed by atoms with van der Waals surface area (Å²) >= 11 is 5.90. The molecule has 2 rings (SSSR count). The fourth-order valence-corrected chi connectivity index (χ4v) is 2.67. The van der Waals surface area contributed by atoms with E-state index in [0.29, 0.717) is 23.7 Å². The number of anilines is 2. The number of rotatable bonds is 7. The highest BCUT2D eigenvalue weighted by Crippen LogP contribution is 2.18. The highest BCUT2D eigenvalue weighted by atomic mass is 35.5. The lowest BCUT2D eigenvalue weighted by atomic mass is 10.1. The maximum Gasteiger partial charge on any atom is 0.238 e. The quantitative estimate of drug-likeness (QED) is 0.774. The Morgan fingerprint density at radius 1 is 1.04 bits per heavy atom. The van der Waals surface area contributed by atoms with E-state index in [9.17, 15) is 9.59 Å². The molecule has 0 fully saturated rings. The Bertz CT molecular complexity index is 792. The van der Waals surface area contributed by atoms with E-state index in [-0.39, 0.29) is 18.4 Å². The van der Waals surface area contributed by atoms with Crippen LogP contribution in [0.15, 0.2) is 42.5 Å². The van der Waals surface area contributed by atoms with E-state index in [2.05, 4.69) is 10.6 Å². The molecule has 0 spiro atoms. The van der Waals surface area contributed by atoms with Crippen LogP contribution in [0.1, 0.15) is 17.5 Å². The lowest BCUT2D eigenvalue weighted by Crippen LogP contribution is -2.32. The first kappa shape index (κ1) is 19.9. The standard InChI is InChI=1S/C20H24ClN3O2/c1-14-6-4-9-18(15(14)2)23-20(26)13-24(3)11-10-19(25)22-17-8-5-7-16(21)12-17/h4-9,12H,10-11,13H2,1-3H3,(H,22,25)(H,23,26). The SMILES string of the molecule is Cc1cccc(NC(=O)CN(C)CCC(=O)Nc2cccc(Cl)c2)c1C. The van der Waals surface area contributed by atoms with Crippen LogP contribution in [0, 0.1) is 13.8 Å². The van der Waals surface area contributed by atoms with Gasteiger partial charge in [-0.05, 0) is 56.3 Å². The number of halogens is 1. The molecule has 2 N–H and O–H groups in total. The average molecular weight is 374 g/mol. The molecule has 2 amide bonds. The lowest BCUT2D eigenvalue weighted by Gasteiger charge is -2.17. The normalized spacial score (nSPS) is 10.7. The van der Waals surface area contributed by atoms with Crippen LogP contribution in [-0.4, -0.2) is 36.9 Å². The van der Waals surface area contributed by atoms with Gasteiger partial charge in [-0.25, -0.2) is 0 Å². The number of carbonyl (C=O) groups excluding carboxylic acids is 2. The monoisotopic (exact) mass is 373 g/mol. The van der Waals surface area contributed by atoms with E-state index < -0.39 is 0 Å². The van der Waals surface area contributed by atoms with Crippen molar-refractivity contribution in [2.45, 2.75) is 20.3 Å². The molecule has 5 nitrogen and oxygen atoms in total. The number of hydrogen-bond acceptors (Lipinski definition) is 3. The number of nitrogens with zero attached hydrogens (tertiary/aromatic N) is 1. The van der Waals surface area contributed by atoms with Gasteiger partial charge in [0.1, 0.15) is 0 Å². The van der Waals surface area contributed by atoms with Crippen molar-refractivity contribution in [1.82, 2.24) is 4.90 Å².